The molecule has 2 amide bonds. The Morgan fingerprint density at radius 1 is 1.08 bits per heavy atom. The minimum absolute atomic E-state index is 0.129. The van der Waals surface area contributed by atoms with E-state index in [0.717, 1.165) is 17.9 Å². The number of amides is 2. The lowest BCUT2D eigenvalue weighted by Gasteiger charge is -2.14. The smallest absolute Gasteiger partial charge is 0.251 e. The molecule has 2 aromatic carbocycles. The van der Waals surface area contributed by atoms with Gasteiger partial charge in [-0.05, 0) is 49.7 Å². The summed E-state index contributed by atoms with van der Waals surface area (Å²) in [5.41, 5.74) is 2.00. The van der Waals surface area contributed by atoms with Gasteiger partial charge in [0.1, 0.15) is 5.75 Å². The molecule has 0 aromatic heterocycles. The van der Waals surface area contributed by atoms with Crippen LogP contribution in [0.5, 0.6) is 5.75 Å². The molecule has 0 aliphatic carbocycles. The summed E-state index contributed by atoms with van der Waals surface area (Å²) in [6.45, 7) is 4.21. The average molecular weight is 355 g/mol. The Bertz CT molecular complexity index is 744. The lowest BCUT2D eigenvalue weighted by molar-refractivity contribution is -0.114. The van der Waals surface area contributed by atoms with Crippen LogP contribution in [0.2, 0.25) is 0 Å². The van der Waals surface area contributed by atoms with E-state index in [1.807, 2.05) is 31.2 Å². The van der Waals surface area contributed by atoms with Gasteiger partial charge in [0.25, 0.3) is 5.91 Å². The molecule has 0 aliphatic heterocycles. The molecule has 0 fully saturated rings. The molecule has 1 unspecified atom stereocenters. The highest BCUT2D eigenvalue weighted by atomic mass is 16.5. The third-order valence-corrected chi connectivity index (χ3v) is 3.86. The molecule has 1 atom stereocenters. The second-order valence-corrected chi connectivity index (χ2v) is 5.92. The zero-order valence-corrected chi connectivity index (χ0v) is 15.3. The quantitative estimate of drug-likeness (QED) is 0.679. The van der Waals surface area contributed by atoms with Crippen molar-refractivity contribution in [2.24, 2.45) is 0 Å². The second kappa shape index (κ2) is 9.46. The first-order valence-corrected chi connectivity index (χ1v) is 8.64. The first kappa shape index (κ1) is 19.3. The van der Waals surface area contributed by atoms with E-state index in [4.69, 9.17) is 4.74 Å². The van der Waals surface area contributed by atoms with Gasteiger partial charge in [0.2, 0.25) is 5.91 Å². The van der Waals surface area contributed by atoms with Crippen molar-refractivity contribution in [3.8, 4) is 5.75 Å². The lowest BCUT2D eigenvalue weighted by atomic mass is 10.2. The number of nitrogens with one attached hydrogen (secondary N) is 3. The number of anilines is 2. The highest BCUT2D eigenvalue weighted by Gasteiger charge is 2.06. The molecule has 3 N–H and O–H groups in total. The summed E-state index contributed by atoms with van der Waals surface area (Å²) in [4.78, 5) is 23.6. The van der Waals surface area contributed by atoms with E-state index in [1.54, 1.807) is 31.3 Å². The van der Waals surface area contributed by atoms with Crippen LogP contribution in [-0.4, -0.2) is 31.5 Å². The topological polar surface area (TPSA) is 79.5 Å². The van der Waals surface area contributed by atoms with Crippen LogP contribution in [-0.2, 0) is 4.79 Å². The van der Waals surface area contributed by atoms with Crippen molar-refractivity contribution in [3.63, 3.8) is 0 Å². The number of hydrogen-bond donors (Lipinski definition) is 3. The molecule has 0 saturated carbocycles. The van der Waals surface area contributed by atoms with E-state index in [9.17, 15) is 9.59 Å². The van der Waals surface area contributed by atoms with Crippen LogP contribution in [0.4, 0.5) is 11.4 Å². The molecule has 0 bridgehead atoms. The van der Waals surface area contributed by atoms with E-state index in [-0.39, 0.29) is 24.5 Å². The number of rotatable bonds is 8. The van der Waals surface area contributed by atoms with Crippen LogP contribution in [0, 0.1) is 0 Å². The molecule has 0 heterocycles. The van der Waals surface area contributed by atoms with Gasteiger partial charge < -0.3 is 20.7 Å². The molecule has 2 rings (SSSR count). The Hall–Kier alpha value is -3.02. The van der Waals surface area contributed by atoms with Gasteiger partial charge in [-0.3, -0.25) is 9.59 Å². The van der Waals surface area contributed by atoms with Crippen molar-refractivity contribution < 1.29 is 14.3 Å². The first-order chi connectivity index (χ1) is 12.5. The molecule has 6 nitrogen and oxygen atoms in total. The van der Waals surface area contributed by atoms with E-state index in [0.29, 0.717) is 11.3 Å². The SMILES string of the molecule is CCC(C)Oc1cccc(NCC(=O)Nc2ccc(C(=O)NC)cc2)c1. The molecule has 0 radical (unpaired) electrons. The molecule has 0 aliphatic rings. The van der Waals surface area contributed by atoms with Crippen molar-refractivity contribution in [2.45, 2.75) is 26.4 Å². The van der Waals surface area contributed by atoms with Crippen LogP contribution in [0.25, 0.3) is 0 Å². The summed E-state index contributed by atoms with van der Waals surface area (Å²) in [6.07, 6.45) is 1.07. The van der Waals surface area contributed by atoms with Crippen LogP contribution in [0.3, 0.4) is 0 Å². The molecule has 138 valence electrons. The summed E-state index contributed by atoms with van der Waals surface area (Å²) in [5.74, 6) is 0.435. The maximum Gasteiger partial charge on any atom is 0.251 e. The zero-order valence-electron chi connectivity index (χ0n) is 15.3. The maximum absolute atomic E-state index is 12.1. The zero-order chi connectivity index (χ0) is 18.9. The monoisotopic (exact) mass is 355 g/mol. The van der Waals surface area contributed by atoms with Crippen molar-refractivity contribution in [3.05, 3.63) is 54.1 Å². The van der Waals surface area contributed by atoms with Gasteiger partial charge >= 0.3 is 0 Å². The number of carbonyl (C=O) groups is 2. The van der Waals surface area contributed by atoms with Crippen LogP contribution in [0.1, 0.15) is 30.6 Å². The Labute approximate surface area is 153 Å². The Balaban J connectivity index is 1.87. The van der Waals surface area contributed by atoms with Gasteiger partial charge in [0, 0.05) is 30.1 Å². The summed E-state index contributed by atoms with van der Waals surface area (Å²) < 4.78 is 5.77. The first-order valence-electron chi connectivity index (χ1n) is 8.64. The van der Waals surface area contributed by atoms with Crippen molar-refractivity contribution in [1.82, 2.24) is 5.32 Å². The van der Waals surface area contributed by atoms with Gasteiger partial charge in [-0.25, -0.2) is 0 Å². The highest BCUT2D eigenvalue weighted by Crippen LogP contribution is 2.19. The third kappa shape index (κ3) is 5.81. The molecular formula is C20H25N3O3. The van der Waals surface area contributed by atoms with Gasteiger partial charge in [0.05, 0.1) is 12.6 Å². The minimum Gasteiger partial charge on any atom is -0.491 e. The number of benzene rings is 2. The van der Waals surface area contributed by atoms with Crippen LogP contribution < -0.4 is 20.7 Å². The van der Waals surface area contributed by atoms with Crippen molar-refractivity contribution in [1.29, 1.82) is 0 Å². The van der Waals surface area contributed by atoms with Crippen molar-refractivity contribution in [2.75, 3.05) is 24.2 Å². The third-order valence-electron chi connectivity index (χ3n) is 3.86. The van der Waals surface area contributed by atoms with Crippen LogP contribution in [0.15, 0.2) is 48.5 Å². The largest absolute Gasteiger partial charge is 0.491 e. The molecule has 0 spiro atoms. The fraction of sp³-hybridized carbons (Fsp3) is 0.300. The molecule has 2 aromatic rings. The van der Waals surface area contributed by atoms with Gasteiger partial charge in [0.15, 0.2) is 0 Å². The molecular weight excluding hydrogens is 330 g/mol. The van der Waals surface area contributed by atoms with E-state index in [2.05, 4.69) is 22.9 Å². The van der Waals surface area contributed by atoms with Crippen molar-refractivity contribution >= 4 is 23.2 Å². The fourth-order valence-electron chi connectivity index (χ4n) is 2.23. The Morgan fingerprint density at radius 3 is 2.46 bits per heavy atom. The summed E-state index contributed by atoms with van der Waals surface area (Å²) >= 11 is 0. The Kier molecular flexibility index (Phi) is 7.02. The second-order valence-electron chi connectivity index (χ2n) is 5.92. The summed E-state index contributed by atoms with van der Waals surface area (Å²) in [6, 6.07) is 14.3. The van der Waals surface area contributed by atoms with Crippen LogP contribution >= 0.6 is 0 Å². The number of ether oxygens (including phenoxy) is 1. The normalized spacial score (nSPS) is 11.3. The standard InChI is InChI=1S/C20H25N3O3/c1-4-14(2)26-18-7-5-6-17(12-18)22-13-19(24)23-16-10-8-15(9-11-16)20(25)21-3/h5-12,14,22H,4,13H2,1-3H3,(H,21,25)(H,23,24). The Morgan fingerprint density at radius 2 is 1.81 bits per heavy atom. The number of carbonyl (C=O) groups excluding carboxylic acids is 2. The fourth-order valence-corrected chi connectivity index (χ4v) is 2.23. The van der Waals surface area contributed by atoms with Gasteiger partial charge in [-0.15, -0.1) is 0 Å². The minimum atomic E-state index is -0.175. The summed E-state index contributed by atoms with van der Waals surface area (Å²) in [5, 5.41) is 8.42. The van der Waals surface area contributed by atoms with Gasteiger partial charge in [-0.1, -0.05) is 13.0 Å². The molecule has 26 heavy (non-hydrogen) atoms. The lowest BCUT2D eigenvalue weighted by Crippen LogP contribution is -2.22. The highest BCUT2D eigenvalue weighted by molar-refractivity contribution is 5.96. The van der Waals surface area contributed by atoms with E-state index >= 15 is 0 Å². The molecule has 0 saturated heterocycles. The maximum atomic E-state index is 12.1. The predicted molar refractivity (Wildman–Crippen MR) is 104 cm³/mol. The van der Waals surface area contributed by atoms with E-state index < -0.39 is 0 Å². The predicted octanol–water partition coefficient (Wildman–Crippen LogP) is 3.27. The van der Waals surface area contributed by atoms with Gasteiger partial charge in [-0.2, -0.15) is 0 Å². The number of hydrogen-bond acceptors (Lipinski definition) is 4. The summed E-state index contributed by atoms with van der Waals surface area (Å²) in [7, 11) is 1.58. The van der Waals surface area contributed by atoms with E-state index in [1.165, 1.54) is 0 Å². The average Bonchev–Trinajstić information content (AvgIpc) is 2.66. The molecule has 6 heteroatoms.